The number of rotatable bonds is 19. The third kappa shape index (κ3) is 19.9. The maximum atomic E-state index is 6.25. The molecule has 2 N–H and O–H groups in total. The largest absolute Gasteiger partial charge is 0.328 e. The van der Waals surface area contributed by atoms with Gasteiger partial charge in [0.2, 0.25) is 0 Å². The first kappa shape index (κ1) is 23.0. The van der Waals surface area contributed by atoms with Gasteiger partial charge in [-0.2, -0.15) is 0 Å². The number of nitrogens with two attached hydrogens (primary N) is 1. The molecular formula is C22H47N. The maximum absolute atomic E-state index is 6.25. The highest BCUT2D eigenvalue weighted by atomic mass is 14.6. The zero-order chi connectivity index (χ0) is 17.0. The standard InChI is InChI=1S/C22H47N/c1-3-5-7-9-11-13-15-17-19-21-22(23)20-18-16-14-12-10-8-6-4-2/h22H,3-21,23H2,1-2H3. The van der Waals surface area contributed by atoms with Crippen LogP contribution in [-0.4, -0.2) is 6.04 Å². The van der Waals surface area contributed by atoms with E-state index in [4.69, 9.17) is 5.73 Å². The lowest BCUT2D eigenvalue weighted by Gasteiger charge is -2.11. The summed E-state index contributed by atoms with van der Waals surface area (Å²) in [6.07, 6.45) is 26.5. The molecule has 0 heterocycles. The molecule has 1 heteroatoms. The topological polar surface area (TPSA) is 26.0 Å². The lowest BCUT2D eigenvalue weighted by atomic mass is 10.0. The van der Waals surface area contributed by atoms with E-state index in [0.29, 0.717) is 6.04 Å². The van der Waals surface area contributed by atoms with Crippen molar-refractivity contribution in [3.8, 4) is 0 Å². The molecule has 0 fully saturated rings. The molecule has 0 saturated heterocycles. The van der Waals surface area contributed by atoms with Crippen molar-refractivity contribution in [2.75, 3.05) is 0 Å². The lowest BCUT2D eigenvalue weighted by molar-refractivity contribution is 0.479. The van der Waals surface area contributed by atoms with Crippen molar-refractivity contribution in [3.05, 3.63) is 0 Å². The third-order valence-electron chi connectivity index (χ3n) is 5.11. The van der Waals surface area contributed by atoms with Crippen LogP contribution in [0, 0.1) is 0 Å². The van der Waals surface area contributed by atoms with Gasteiger partial charge < -0.3 is 5.73 Å². The van der Waals surface area contributed by atoms with Gasteiger partial charge in [-0.15, -0.1) is 0 Å². The quantitative estimate of drug-likeness (QED) is 0.241. The Kier molecular flexibility index (Phi) is 20.0. The average Bonchev–Trinajstić information content (AvgIpc) is 2.56. The van der Waals surface area contributed by atoms with Crippen LogP contribution in [0.15, 0.2) is 0 Å². The molecule has 0 aromatic carbocycles. The van der Waals surface area contributed by atoms with Crippen molar-refractivity contribution in [3.63, 3.8) is 0 Å². The summed E-state index contributed by atoms with van der Waals surface area (Å²) in [5.74, 6) is 0. The van der Waals surface area contributed by atoms with E-state index >= 15 is 0 Å². The molecule has 1 unspecified atom stereocenters. The summed E-state index contributed by atoms with van der Waals surface area (Å²) < 4.78 is 0. The van der Waals surface area contributed by atoms with Crippen molar-refractivity contribution in [2.45, 2.75) is 142 Å². The number of unbranched alkanes of at least 4 members (excludes halogenated alkanes) is 15. The molecule has 0 radical (unpaired) electrons. The van der Waals surface area contributed by atoms with E-state index in [1.807, 2.05) is 0 Å². The van der Waals surface area contributed by atoms with E-state index in [1.165, 1.54) is 122 Å². The normalized spacial score (nSPS) is 12.7. The van der Waals surface area contributed by atoms with Gasteiger partial charge >= 0.3 is 0 Å². The smallest absolute Gasteiger partial charge is 0.00388 e. The first-order valence-electron chi connectivity index (χ1n) is 11.1. The van der Waals surface area contributed by atoms with Crippen molar-refractivity contribution in [2.24, 2.45) is 5.73 Å². The first-order valence-corrected chi connectivity index (χ1v) is 11.1. The van der Waals surface area contributed by atoms with E-state index in [2.05, 4.69) is 13.8 Å². The Hall–Kier alpha value is -0.0400. The molecule has 0 aliphatic carbocycles. The minimum atomic E-state index is 0.472. The summed E-state index contributed by atoms with van der Waals surface area (Å²) in [6, 6.07) is 0.472. The molecule has 0 aliphatic rings. The highest BCUT2D eigenvalue weighted by molar-refractivity contribution is 4.62. The Bertz CT molecular complexity index is 202. The van der Waals surface area contributed by atoms with Crippen molar-refractivity contribution in [1.82, 2.24) is 0 Å². The lowest BCUT2D eigenvalue weighted by Crippen LogP contribution is -2.19. The molecule has 1 nitrogen and oxygen atoms in total. The zero-order valence-corrected chi connectivity index (χ0v) is 16.6. The molecule has 0 rings (SSSR count). The van der Waals surface area contributed by atoms with Gasteiger partial charge in [0.05, 0.1) is 0 Å². The van der Waals surface area contributed by atoms with Crippen LogP contribution >= 0.6 is 0 Å². The van der Waals surface area contributed by atoms with Crippen molar-refractivity contribution < 1.29 is 0 Å². The van der Waals surface area contributed by atoms with Crippen LogP contribution in [0.25, 0.3) is 0 Å². The van der Waals surface area contributed by atoms with Gasteiger partial charge in [0.1, 0.15) is 0 Å². The Labute approximate surface area is 148 Å². The highest BCUT2D eigenvalue weighted by Crippen LogP contribution is 2.14. The van der Waals surface area contributed by atoms with Crippen LogP contribution in [0.2, 0.25) is 0 Å². The van der Waals surface area contributed by atoms with E-state index < -0.39 is 0 Å². The molecule has 23 heavy (non-hydrogen) atoms. The monoisotopic (exact) mass is 325 g/mol. The second-order valence-corrected chi connectivity index (χ2v) is 7.64. The van der Waals surface area contributed by atoms with Gasteiger partial charge in [0.25, 0.3) is 0 Å². The Balaban J connectivity index is 3.11. The Morgan fingerprint density at radius 2 is 0.696 bits per heavy atom. The summed E-state index contributed by atoms with van der Waals surface area (Å²) in [5, 5.41) is 0. The third-order valence-corrected chi connectivity index (χ3v) is 5.11. The van der Waals surface area contributed by atoms with Crippen LogP contribution in [0.5, 0.6) is 0 Å². The Morgan fingerprint density at radius 1 is 0.435 bits per heavy atom. The molecule has 0 amide bonds. The molecule has 0 aromatic rings. The van der Waals surface area contributed by atoms with Crippen LogP contribution in [0.3, 0.4) is 0 Å². The summed E-state index contributed by atoms with van der Waals surface area (Å²) in [6.45, 7) is 4.58. The fourth-order valence-corrected chi connectivity index (χ4v) is 3.40. The summed E-state index contributed by atoms with van der Waals surface area (Å²) in [7, 11) is 0. The van der Waals surface area contributed by atoms with E-state index in [1.54, 1.807) is 0 Å². The highest BCUT2D eigenvalue weighted by Gasteiger charge is 2.02. The van der Waals surface area contributed by atoms with Gasteiger partial charge in [0, 0.05) is 6.04 Å². The van der Waals surface area contributed by atoms with Crippen LogP contribution < -0.4 is 5.73 Å². The first-order chi connectivity index (χ1) is 11.3. The minimum absolute atomic E-state index is 0.472. The van der Waals surface area contributed by atoms with Crippen molar-refractivity contribution in [1.29, 1.82) is 0 Å². The van der Waals surface area contributed by atoms with Gasteiger partial charge in [-0.05, 0) is 12.8 Å². The van der Waals surface area contributed by atoms with Gasteiger partial charge in [-0.3, -0.25) is 0 Å². The van der Waals surface area contributed by atoms with Crippen molar-refractivity contribution >= 4 is 0 Å². The molecule has 0 saturated carbocycles. The molecular weight excluding hydrogens is 278 g/mol. The molecule has 0 aromatic heterocycles. The second kappa shape index (κ2) is 20.0. The van der Waals surface area contributed by atoms with Crippen LogP contribution in [0.1, 0.15) is 136 Å². The van der Waals surface area contributed by atoms with E-state index in [9.17, 15) is 0 Å². The fraction of sp³-hybridized carbons (Fsp3) is 1.00. The molecule has 1 atom stereocenters. The average molecular weight is 326 g/mol. The predicted molar refractivity (Wildman–Crippen MR) is 107 cm³/mol. The molecule has 0 aliphatic heterocycles. The second-order valence-electron chi connectivity index (χ2n) is 7.64. The number of hydrogen-bond donors (Lipinski definition) is 1. The number of hydrogen-bond acceptors (Lipinski definition) is 1. The van der Waals surface area contributed by atoms with Crippen LogP contribution in [0.4, 0.5) is 0 Å². The summed E-state index contributed by atoms with van der Waals surface area (Å²) in [5.41, 5.74) is 6.25. The van der Waals surface area contributed by atoms with Gasteiger partial charge in [0.15, 0.2) is 0 Å². The Morgan fingerprint density at radius 3 is 1.00 bits per heavy atom. The van der Waals surface area contributed by atoms with Gasteiger partial charge in [-0.25, -0.2) is 0 Å². The molecule has 0 bridgehead atoms. The van der Waals surface area contributed by atoms with Gasteiger partial charge in [-0.1, -0.05) is 123 Å². The SMILES string of the molecule is CCCCCCCCCCCC(N)CCCCCCCCCC. The molecule has 0 spiro atoms. The van der Waals surface area contributed by atoms with E-state index in [0.717, 1.165) is 0 Å². The zero-order valence-electron chi connectivity index (χ0n) is 16.6. The molecule has 140 valence electrons. The summed E-state index contributed by atoms with van der Waals surface area (Å²) in [4.78, 5) is 0. The minimum Gasteiger partial charge on any atom is -0.328 e. The van der Waals surface area contributed by atoms with Crippen LogP contribution in [-0.2, 0) is 0 Å². The summed E-state index contributed by atoms with van der Waals surface area (Å²) >= 11 is 0. The predicted octanol–water partition coefficient (Wildman–Crippen LogP) is 7.77. The fourth-order valence-electron chi connectivity index (χ4n) is 3.40. The maximum Gasteiger partial charge on any atom is 0.00388 e. The van der Waals surface area contributed by atoms with E-state index in [-0.39, 0.29) is 0 Å².